The molecule has 0 fully saturated rings. The second-order valence-electron chi connectivity index (χ2n) is 6.05. The molecule has 0 saturated carbocycles. The van der Waals surface area contributed by atoms with Gasteiger partial charge >= 0.3 is 0 Å². The fourth-order valence-electron chi connectivity index (χ4n) is 2.54. The summed E-state index contributed by atoms with van der Waals surface area (Å²) in [5.41, 5.74) is 1.79. The van der Waals surface area contributed by atoms with Gasteiger partial charge in [-0.3, -0.25) is 0 Å². The van der Waals surface area contributed by atoms with Crippen LogP contribution >= 0.6 is 0 Å². The summed E-state index contributed by atoms with van der Waals surface area (Å²) >= 11 is 0. The van der Waals surface area contributed by atoms with Crippen molar-refractivity contribution in [2.45, 2.75) is 18.7 Å². The van der Waals surface area contributed by atoms with Crippen molar-refractivity contribution in [2.24, 2.45) is 0 Å². The van der Waals surface area contributed by atoms with Crippen molar-refractivity contribution < 1.29 is 17.2 Å². The minimum Gasteiger partial charge on any atom is -0.367 e. The molecule has 1 aromatic carbocycles. The molecule has 3 aromatic rings. The van der Waals surface area contributed by atoms with Gasteiger partial charge in [-0.15, -0.1) is 10.2 Å². The smallest absolute Gasteiger partial charge is 0.240 e. The van der Waals surface area contributed by atoms with Crippen molar-refractivity contribution in [3.8, 4) is 5.82 Å². The van der Waals surface area contributed by atoms with Gasteiger partial charge in [0.05, 0.1) is 10.6 Å². The Balaban J connectivity index is 1.56. The van der Waals surface area contributed by atoms with Crippen LogP contribution in [0.4, 0.5) is 14.6 Å². The summed E-state index contributed by atoms with van der Waals surface area (Å²) in [6.07, 6.45) is 0. The molecule has 0 saturated heterocycles. The molecule has 0 atom stereocenters. The molecule has 0 radical (unpaired) electrons. The van der Waals surface area contributed by atoms with Gasteiger partial charge < -0.3 is 5.32 Å². The average molecular weight is 408 g/mol. The maximum atomic E-state index is 13.2. The van der Waals surface area contributed by atoms with Crippen LogP contribution in [0.15, 0.2) is 41.3 Å². The van der Waals surface area contributed by atoms with Crippen LogP contribution in [-0.4, -0.2) is 41.5 Å². The lowest BCUT2D eigenvalue weighted by molar-refractivity contribution is 0.562. The normalized spacial score (nSPS) is 11.6. The number of halogens is 2. The van der Waals surface area contributed by atoms with Gasteiger partial charge in [0.15, 0.2) is 5.82 Å². The van der Waals surface area contributed by atoms with E-state index in [1.165, 1.54) is 0 Å². The molecule has 148 valence electrons. The monoisotopic (exact) mass is 408 g/mol. The van der Waals surface area contributed by atoms with Gasteiger partial charge in [0.2, 0.25) is 10.0 Å². The van der Waals surface area contributed by atoms with E-state index in [0.717, 1.165) is 23.5 Å². The molecule has 2 N–H and O–H groups in total. The van der Waals surface area contributed by atoms with E-state index in [1.54, 1.807) is 16.8 Å². The van der Waals surface area contributed by atoms with Crippen LogP contribution < -0.4 is 10.0 Å². The number of hydrogen-bond donors (Lipinski definition) is 2. The number of rotatable bonds is 7. The fraction of sp³-hybridized carbons (Fsp3) is 0.235. The Hall–Kier alpha value is -2.92. The zero-order chi connectivity index (χ0) is 20.3. The number of hydrogen-bond acceptors (Lipinski definition) is 6. The zero-order valence-corrected chi connectivity index (χ0v) is 16.0. The summed E-state index contributed by atoms with van der Waals surface area (Å²) in [6.45, 7) is 3.98. The van der Waals surface area contributed by atoms with E-state index in [1.807, 2.05) is 19.9 Å². The topological polar surface area (TPSA) is 102 Å². The number of benzene rings is 1. The number of sulfonamides is 1. The average Bonchev–Trinajstić information content (AvgIpc) is 2.97. The Kier molecular flexibility index (Phi) is 5.66. The molecule has 0 bridgehead atoms. The number of nitrogens with zero attached hydrogens (tertiary/aromatic N) is 4. The molecule has 2 heterocycles. The van der Waals surface area contributed by atoms with Crippen LogP contribution in [0.25, 0.3) is 5.82 Å². The highest BCUT2D eigenvalue weighted by Gasteiger charge is 2.15. The molecule has 8 nitrogen and oxygen atoms in total. The predicted molar refractivity (Wildman–Crippen MR) is 98.7 cm³/mol. The highest BCUT2D eigenvalue weighted by Crippen LogP contribution is 2.13. The highest BCUT2D eigenvalue weighted by atomic mass is 32.2. The van der Waals surface area contributed by atoms with Gasteiger partial charge in [-0.05, 0) is 44.2 Å². The second-order valence-corrected chi connectivity index (χ2v) is 7.81. The number of nitrogens with one attached hydrogen (secondary N) is 2. The minimum absolute atomic E-state index is 0.0125. The molecule has 0 aliphatic carbocycles. The molecular weight excluding hydrogens is 390 g/mol. The Morgan fingerprint density at radius 2 is 1.71 bits per heavy atom. The SMILES string of the molecule is Cc1cc(C)n(-c2ccc(NCCNS(=O)(=O)c3cc(F)cc(F)c3)nn2)n1. The van der Waals surface area contributed by atoms with Crippen LogP contribution in [0.5, 0.6) is 0 Å². The summed E-state index contributed by atoms with van der Waals surface area (Å²) in [5.74, 6) is -0.917. The Morgan fingerprint density at radius 1 is 1.00 bits per heavy atom. The molecule has 0 aliphatic rings. The largest absolute Gasteiger partial charge is 0.367 e. The summed E-state index contributed by atoms with van der Waals surface area (Å²) in [5, 5.41) is 15.3. The van der Waals surface area contributed by atoms with E-state index >= 15 is 0 Å². The van der Waals surface area contributed by atoms with Crippen LogP contribution in [0.2, 0.25) is 0 Å². The summed E-state index contributed by atoms with van der Waals surface area (Å²) < 4.78 is 54.4. The van der Waals surface area contributed by atoms with Gasteiger partial charge in [-0.1, -0.05) is 0 Å². The molecule has 2 aromatic heterocycles. The maximum Gasteiger partial charge on any atom is 0.240 e. The van der Waals surface area contributed by atoms with Crippen LogP contribution in [0, 0.1) is 25.5 Å². The molecular formula is C17H18F2N6O2S. The third-order valence-corrected chi connectivity index (χ3v) is 5.19. The first-order valence-corrected chi connectivity index (χ1v) is 9.80. The molecule has 0 spiro atoms. The van der Waals surface area contributed by atoms with Gasteiger partial charge in [0.25, 0.3) is 0 Å². The number of aryl methyl sites for hydroxylation is 2. The highest BCUT2D eigenvalue weighted by molar-refractivity contribution is 7.89. The van der Waals surface area contributed by atoms with Crippen LogP contribution in [-0.2, 0) is 10.0 Å². The van der Waals surface area contributed by atoms with Crippen molar-refractivity contribution in [3.63, 3.8) is 0 Å². The first-order chi connectivity index (χ1) is 13.2. The van der Waals surface area contributed by atoms with Crippen LogP contribution in [0.3, 0.4) is 0 Å². The quantitative estimate of drug-likeness (QED) is 0.580. The van der Waals surface area contributed by atoms with Gasteiger partial charge in [-0.25, -0.2) is 26.6 Å². The molecule has 0 amide bonds. The van der Waals surface area contributed by atoms with Crippen molar-refractivity contribution in [3.05, 3.63) is 59.4 Å². The van der Waals surface area contributed by atoms with Gasteiger partial charge in [0.1, 0.15) is 17.5 Å². The fourth-order valence-corrected chi connectivity index (χ4v) is 3.61. The minimum atomic E-state index is -4.02. The first-order valence-electron chi connectivity index (χ1n) is 8.31. The van der Waals surface area contributed by atoms with Gasteiger partial charge in [0, 0.05) is 24.8 Å². The van der Waals surface area contributed by atoms with Crippen molar-refractivity contribution in [1.82, 2.24) is 24.7 Å². The van der Waals surface area contributed by atoms with Crippen molar-refractivity contribution in [1.29, 1.82) is 0 Å². The summed E-state index contributed by atoms with van der Waals surface area (Å²) in [7, 11) is -4.02. The number of aromatic nitrogens is 4. The van der Waals surface area contributed by atoms with E-state index < -0.39 is 26.6 Å². The van der Waals surface area contributed by atoms with Crippen molar-refractivity contribution in [2.75, 3.05) is 18.4 Å². The van der Waals surface area contributed by atoms with E-state index in [4.69, 9.17) is 0 Å². The standard InChI is InChI=1S/C17H18F2N6O2S/c1-11-7-12(2)25(24-11)17-4-3-16(22-23-17)20-5-6-21-28(26,27)15-9-13(18)8-14(19)10-15/h3-4,7-10,21H,5-6H2,1-2H3,(H,20,22). The van der Waals surface area contributed by atoms with E-state index in [0.29, 0.717) is 17.7 Å². The van der Waals surface area contributed by atoms with E-state index in [9.17, 15) is 17.2 Å². The Labute approximate surface area is 160 Å². The maximum absolute atomic E-state index is 13.2. The van der Waals surface area contributed by atoms with E-state index in [2.05, 4.69) is 25.3 Å². The zero-order valence-electron chi connectivity index (χ0n) is 15.1. The lowest BCUT2D eigenvalue weighted by atomic mass is 10.3. The summed E-state index contributed by atoms with van der Waals surface area (Å²) in [6, 6.07) is 7.45. The van der Waals surface area contributed by atoms with Crippen LogP contribution in [0.1, 0.15) is 11.4 Å². The van der Waals surface area contributed by atoms with Crippen molar-refractivity contribution >= 4 is 15.8 Å². The lowest BCUT2D eigenvalue weighted by Crippen LogP contribution is -2.29. The second kappa shape index (κ2) is 7.98. The van der Waals surface area contributed by atoms with Gasteiger partial charge in [-0.2, -0.15) is 5.10 Å². The molecule has 11 heteroatoms. The molecule has 3 rings (SSSR count). The third-order valence-electron chi connectivity index (χ3n) is 3.75. The predicted octanol–water partition coefficient (Wildman–Crippen LogP) is 1.95. The molecule has 0 unspecified atom stereocenters. The molecule has 28 heavy (non-hydrogen) atoms. The Bertz CT molecular complexity index is 1060. The molecule has 0 aliphatic heterocycles. The first kappa shape index (κ1) is 19.8. The summed E-state index contributed by atoms with van der Waals surface area (Å²) in [4.78, 5) is -0.473. The lowest BCUT2D eigenvalue weighted by Gasteiger charge is -2.09. The Morgan fingerprint density at radius 3 is 2.29 bits per heavy atom. The number of anilines is 1. The van der Waals surface area contributed by atoms with E-state index in [-0.39, 0.29) is 13.1 Å². The third kappa shape index (κ3) is 4.67.